The first-order chi connectivity index (χ1) is 13.5. The Hall–Kier alpha value is -2.47. The molecule has 1 aliphatic carbocycles. The van der Waals surface area contributed by atoms with Gasteiger partial charge in [0.25, 0.3) is 0 Å². The smallest absolute Gasteiger partial charge is 0.157 e. The minimum Gasteiger partial charge on any atom is -0.234 e. The highest BCUT2D eigenvalue weighted by Crippen LogP contribution is 2.44. The summed E-state index contributed by atoms with van der Waals surface area (Å²) in [6.07, 6.45) is 8.44. The Labute approximate surface area is 176 Å². The first-order valence-corrected chi connectivity index (χ1v) is 10.1. The fraction of sp³-hybridized carbons (Fsp3) is 0.423. The predicted octanol–water partition coefficient (Wildman–Crippen LogP) is 8.15. The van der Waals surface area contributed by atoms with Gasteiger partial charge in [0.15, 0.2) is 5.67 Å². The van der Waals surface area contributed by atoms with Gasteiger partial charge in [0.05, 0.1) is 6.07 Å². The molecule has 0 saturated carbocycles. The van der Waals surface area contributed by atoms with Crippen LogP contribution in [0.5, 0.6) is 0 Å². The largest absolute Gasteiger partial charge is 0.234 e. The fourth-order valence-corrected chi connectivity index (χ4v) is 2.55. The molecule has 1 unspecified atom stereocenters. The zero-order valence-electron chi connectivity index (χ0n) is 18.8. The van der Waals surface area contributed by atoms with Crippen LogP contribution in [-0.4, -0.2) is 0 Å². The molecule has 158 valence electrons. The van der Waals surface area contributed by atoms with E-state index in [2.05, 4.69) is 40.9 Å². The molecule has 1 aliphatic rings. The molecule has 0 spiro atoms. The number of nitrogens with zero attached hydrogens (tertiary/aromatic N) is 1. The monoisotopic (exact) mass is 399 g/mol. The van der Waals surface area contributed by atoms with Crippen LogP contribution in [0, 0.1) is 23.1 Å². The highest BCUT2D eigenvalue weighted by atomic mass is 19.1. The van der Waals surface area contributed by atoms with Crippen LogP contribution in [0.4, 0.5) is 8.78 Å². The normalized spacial score (nSPS) is 17.8. The van der Waals surface area contributed by atoms with Gasteiger partial charge in [-0.15, -0.1) is 0 Å². The molecule has 1 aromatic carbocycles. The SMILES string of the molecule is C=C(C#N)/C=C(\C=C/C)CC.C=C1Cc2cccc(F)c2C1(C)F.CCC(C)C. The Kier molecular flexibility index (Phi) is 11.8. The molecule has 29 heavy (non-hydrogen) atoms. The van der Waals surface area contributed by atoms with E-state index >= 15 is 0 Å². The van der Waals surface area contributed by atoms with Crippen molar-refractivity contribution >= 4 is 0 Å². The molecular weight excluding hydrogens is 364 g/mol. The van der Waals surface area contributed by atoms with E-state index in [1.165, 1.54) is 19.4 Å². The molecule has 1 atom stereocenters. The van der Waals surface area contributed by atoms with Gasteiger partial charge in [0.2, 0.25) is 0 Å². The number of hydrogen-bond acceptors (Lipinski definition) is 1. The highest BCUT2D eigenvalue weighted by Gasteiger charge is 2.39. The number of rotatable bonds is 4. The predicted molar refractivity (Wildman–Crippen MR) is 121 cm³/mol. The molecule has 1 nitrogen and oxygen atoms in total. The summed E-state index contributed by atoms with van der Waals surface area (Å²) < 4.78 is 27.2. The maximum atomic E-state index is 13.9. The topological polar surface area (TPSA) is 23.8 Å². The van der Waals surface area contributed by atoms with Crippen molar-refractivity contribution in [3.05, 3.63) is 83.2 Å². The van der Waals surface area contributed by atoms with E-state index in [-0.39, 0.29) is 5.56 Å². The molecular formula is C26H35F2N. The van der Waals surface area contributed by atoms with Crippen LogP contribution >= 0.6 is 0 Å². The summed E-state index contributed by atoms with van der Waals surface area (Å²) in [4.78, 5) is 0. The number of halogens is 2. The fourth-order valence-electron chi connectivity index (χ4n) is 2.55. The summed E-state index contributed by atoms with van der Waals surface area (Å²) in [6, 6.07) is 6.61. The standard InChI is InChI=1S/C11H10F2.C10H13N.C5H12/c1-7-6-8-4-3-5-9(12)10(8)11(7,2)13;1-4-6-10(5-2)7-9(3)8-11;1-4-5(2)3/h3-5H,1,6H2,2H3;4,6-7H,3,5H2,1-2H3;5H,4H2,1-3H3/b;6-4-,10-7-;. The lowest BCUT2D eigenvalue weighted by Crippen LogP contribution is -2.14. The molecule has 0 N–H and O–H groups in total. The van der Waals surface area contributed by atoms with Gasteiger partial charge >= 0.3 is 0 Å². The Morgan fingerprint density at radius 1 is 1.34 bits per heavy atom. The number of hydrogen-bond donors (Lipinski definition) is 0. The third-order valence-corrected chi connectivity index (χ3v) is 4.75. The average molecular weight is 400 g/mol. The molecule has 2 rings (SSSR count). The summed E-state index contributed by atoms with van der Waals surface area (Å²) in [6.45, 7) is 19.2. The molecule has 0 aromatic heterocycles. The Morgan fingerprint density at radius 3 is 2.34 bits per heavy atom. The summed E-state index contributed by atoms with van der Waals surface area (Å²) in [5, 5.41) is 8.43. The Balaban J connectivity index is 0.000000447. The van der Waals surface area contributed by atoms with Gasteiger partial charge in [-0.3, -0.25) is 0 Å². The number of allylic oxidation sites excluding steroid dienone is 6. The molecule has 0 fully saturated rings. The maximum absolute atomic E-state index is 13.9. The van der Waals surface area contributed by atoms with Crippen molar-refractivity contribution in [1.29, 1.82) is 5.26 Å². The van der Waals surface area contributed by atoms with Crippen molar-refractivity contribution in [2.24, 2.45) is 5.92 Å². The van der Waals surface area contributed by atoms with Crippen LogP contribution in [0.2, 0.25) is 0 Å². The van der Waals surface area contributed by atoms with Crippen LogP contribution in [0.25, 0.3) is 0 Å². The third kappa shape index (κ3) is 8.60. The molecule has 0 bridgehead atoms. The van der Waals surface area contributed by atoms with Crippen LogP contribution in [0.3, 0.4) is 0 Å². The van der Waals surface area contributed by atoms with E-state index in [0.29, 0.717) is 17.6 Å². The van der Waals surface area contributed by atoms with Gasteiger partial charge in [-0.2, -0.15) is 5.26 Å². The van der Waals surface area contributed by atoms with Crippen LogP contribution in [-0.2, 0) is 12.1 Å². The van der Waals surface area contributed by atoms with Gasteiger partial charge in [-0.25, -0.2) is 8.78 Å². The number of benzene rings is 1. The van der Waals surface area contributed by atoms with Crippen LogP contribution in [0.1, 0.15) is 65.5 Å². The van der Waals surface area contributed by atoms with Gasteiger partial charge in [0, 0.05) is 11.1 Å². The zero-order valence-corrected chi connectivity index (χ0v) is 18.8. The summed E-state index contributed by atoms with van der Waals surface area (Å²) >= 11 is 0. The van der Waals surface area contributed by atoms with Crippen LogP contribution < -0.4 is 0 Å². The quantitative estimate of drug-likeness (QED) is 0.285. The van der Waals surface area contributed by atoms with Gasteiger partial charge in [0.1, 0.15) is 5.82 Å². The first kappa shape index (κ1) is 26.5. The van der Waals surface area contributed by atoms with Gasteiger partial charge in [-0.1, -0.05) is 71.6 Å². The lowest BCUT2D eigenvalue weighted by Gasteiger charge is -2.16. The van der Waals surface area contributed by atoms with E-state index in [1.54, 1.807) is 18.2 Å². The average Bonchev–Trinajstić information content (AvgIpc) is 2.91. The van der Waals surface area contributed by atoms with Gasteiger partial charge < -0.3 is 0 Å². The minimum absolute atomic E-state index is 0.167. The number of alkyl halides is 1. The van der Waals surface area contributed by atoms with Crippen molar-refractivity contribution < 1.29 is 8.78 Å². The molecule has 0 saturated heterocycles. The molecule has 0 amide bonds. The Morgan fingerprint density at radius 2 is 1.93 bits per heavy atom. The summed E-state index contributed by atoms with van der Waals surface area (Å²) in [5.74, 6) is 0.413. The van der Waals surface area contributed by atoms with E-state index < -0.39 is 11.5 Å². The number of fused-ring (bicyclic) bond motifs is 1. The molecule has 0 aliphatic heterocycles. The minimum atomic E-state index is -1.69. The van der Waals surface area contributed by atoms with Crippen LogP contribution in [0.15, 0.2) is 66.3 Å². The zero-order chi connectivity index (χ0) is 22.6. The third-order valence-electron chi connectivity index (χ3n) is 4.75. The highest BCUT2D eigenvalue weighted by molar-refractivity contribution is 5.47. The van der Waals surface area contributed by atoms with Crippen molar-refractivity contribution in [3.8, 4) is 6.07 Å². The lowest BCUT2D eigenvalue weighted by molar-refractivity contribution is 0.245. The molecule has 0 heterocycles. The maximum Gasteiger partial charge on any atom is 0.157 e. The molecule has 3 heteroatoms. The van der Waals surface area contributed by atoms with E-state index in [4.69, 9.17) is 5.26 Å². The van der Waals surface area contributed by atoms with E-state index in [1.807, 2.05) is 25.1 Å². The van der Waals surface area contributed by atoms with E-state index in [0.717, 1.165) is 23.5 Å². The van der Waals surface area contributed by atoms with Crippen molar-refractivity contribution in [1.82, 2.24) is 0 Å². The number of nitriles is 1. The molecule has 0 radical (unpaired) electrons. The van der Waals surface area contributed by atoms with Crippen molar-refractivity contribution in [2.45, 2.75) is 66.5 Å². The summed E-state index contributed by atoms with van der Waals surface area (Å²) in [7, 11) is 0. The molecule has 1 aromatic rings. The van der Waals surface area contributed by atoms with Crippen molar-refractivity contribution in [3.63, 3.8) is 0 Å². The second-order valence-corrected chi connectivity index (χ2v) is 7.57. The first-order valence-electron chi connectivity index (χ1n) is 10.1. The van der Waals surface area contributed by atoms with Crippen molar-refractivity contribution in [2.75, 3.05) is 0 Å². The van der Waals surface area contributed by atoms with E-state index in [9.17, 15) is 8.78 Å². The Bertz CT molecular complexity index is 789. The summed E-state index contributed by atoms with van der Waals surface area (Å²) in [5.41, 5.74) is 1.28. The second-order valence-electron chi connectivity index (χ2n) is 7.57. The lowest BCUT2D eigenvalue weighted by atomic mass is 9.97. The van der Waals surface area contributed by atoms with Gasteiger partial charge in [-0.05, 0) is 61.5 Å². The second kappa shape index (κ2) is 12.9.